The molecule has 1 aliphatic carbocycles. The molecule has 1 aromatic rings. The average Bonchev–Trinajstić information content (AvgIpc) is 2.16. The minimum Gasteiger partial charge on any atom is -0.383 e. The first-order chi connectivity index (χ1) is 7.66. The Morgan fingerprint density at radius 2 is 2.06 bits per heavy atom. The van der Waals surface area contributed by atoms with Crippen molar-refractivity contribution in [3.05, 3.63) is 11.4 Å². The Morgan fingerprint density at radius 3 is 2.69 bits per heavy atom. The number of hydrogen-bond donors (Lipinski definition) is 2. The van der Waals surface area contributed by atoms with Crippen molar-refractivity contribution in [1.29, 1.82) is 0 Å². The predicted octanol–water partition coefficient (Wildman–Crippen LogP) is 2.28. The van der Waals surface area contributed by atoms with Gasteiger partial charge in [0.1, 0.15) is 17.5 Å². The van der Waals surface area contributed by atoms with E-state index in [2.05, 4.69) is 15.3 Å². The monoisotopic (exact) mass is 220 g/mol. The number of aromatic nitrogens is 2. The van der Waals surface area contributed by atoms with Crippen LogP contribution in [0.1, 0.15) is 37.1 Å². The zero-order valence-electron chi connectivity index (χ0n) is 10.1. The van der Waals surface area contributed by atoms with E-state index < -0.39 is 0 Å². The molecule has 1 heterocycles. The molecule has 1 aromatic heterocycles. The number of nitrogens with one attached hydrogen (secondary N) is 1. The average molecular weight is 220 g/mol. The van der Waals surface area contributed by atoms with Gasteiger partial charge in [0.15, 0.2) is 0 Å². The van der Waals surface area contributed by atoms with Crippen molar-refractivity contribution in [3.8, 4) is 0 Å². The second-order valence-electron chi connectivity index (χ2n) is 4.64. The van der Waals surface area contributed by atoms with Gasteiger partial charge in [-0.25, -0.2) is 9.97 Å². The highest BCUT2D eigenvalue weighted by molar-refractivity contribution is 5.54. The van der Waals surface area contributed by atoms with Crippen LogP contribution in [0.15, 0.2) is 0 Å². The molecule has 0 aliphatic heterocycles. The van der Waals surface area contributed by atoms with E-state index in [4.69, 9.17) is 5.73 Å². The summed E-state index contributed by atoms with van der Waals surface area (Å²) < 4.78 is 0. The van der Waals surface area contributed by atoms with Crippen molar-refractivity contribution in [3.63, 3.8) is 0 Å². The number of anilines is 2. The molecule has 4 nitrogen and oxygen atoms in total. The van der Waals surface area contributed by atoms with E-state index in [1.807, 2.05) is 13.8 Å². The molecular weight excluding hydrogens is 200 g/mol. The summed E-state index contributed by atoms with van der Waals surface area (Å²) in [5.41, 5.74) is 6.76. The molecule has 3 N–H and O–H groups in total. The van der Waals surface area contributed by atoms with Gasteiger partial charge in [0, 0.05) is 12.1 Å². The lowest BCUT2D eigenvalue weighted by Crippen LogP contribution is -2.17. The second-order valence-corrected chi connectivity index (χ2v) is 4.64. The van der Waals surface area contributed by atoms with Gasteiger partial charge in [0.25, 0.3) is 0 Å². The molecule has 0 radical (unpaired) electrons. The maximum Gasteiger partial charge on any atom is 0.134 e. The van der Waals surface area contributed by atoms with E-state index in [0.29, 0.717) is 5.82 Å². The third-order valence-corrected chi connectivity index (χ3v) is 3.37. The molecule has 0 saturated heterocycles. The summed E-state index contributed by atoms with van der Waals surface area (Å²) in [6.45, 7) is 4.81. The van der Waals surface area contributed by atoms with Gasteiger partial charge in [-0.2, -0.15) is 0 Å². The molecule has 0 atom stereocenters. The van der Waals surface area contributed by atoms with Crippen LogP contribution in [0.5, 0.6) is 0 Å². The summed E-state index contributed by atoms with van der Waals surface area (Å²) >= 11 is 0. The molecule has 1 saturated carbocycles. The first kappa shape index (κ1) is 11.2. The Bertz CT molecular complexity index is 372. The van der Waals surface area contributed by atoms with E-state index >= 15 is 0 Å². The van der Waals surface area contributed by atoms with Gasteiger partial charge in [-0.1, -0.05) is 19.3 Å². The standard InChI is InChI=1S/C12H20N4/c1-8-11(13)15-9(2)16-12(8)14-7-6-10-4-3-5-10/h10H,3-7H2,1-2H3,(H3,13,14,15,16). The number of nitrogens with two attached hydrogens (primary N) is 1. The Kier molecular flexibility index (Phi) is 3.27. The Balaban J connectivity index is 1.92. The fourth-order valence-corrected chi connectivity index (χ4v) is 2.00. The van der Waals surface area contributed by atoms with Crippen molar-refractivity contribution in [2.45, 2.75) is 39.5 Å². The summed E-state index contributed by atoms with van der Waals surface area (Å²) in [6, 6.07) is 0. The van der Waals surface area contributed by atoms with Crippen LogP contribution >= 0.6 is 0 Å². The molecule has 0 unspecified atom stereocenters. The first-order valence-corrected chi connectivity index (χ1v) is 6.01. The molecule has 16 heavy (non-hydrogen) atoms. The summed E-state index contributed by atoms with van der Waals surface area (Å²) in [7, 11) is 0. The van der Waals surface area contributed by atoms with Gasteiger partial charge in [-0.05, 0) is 26.2 Å². The number of hydrogen-bond acceptors (Lipinski definition) is 4. The number of rotatable bonds is 4. The predicted molar refractivity (Wildman–Crippen MR) is 66.4 cm³/mol. The van der Waals surface area contributed by atoms with Gasteiger partial charge >= 0.3 is 0 Å². The van der Waals surface area contributed by atoms with Crippen LogP contribution in [0.2, 0.25) is 0 Å². The normalized spacial score (nSPS) is 15.9. The smallest absolute Gasteiger partial charge is 0.134 e. The molecule has 0 bridgehead atoms. The Hall–Kier alpha value is -1.32. The molecule has 1 aliphatic rings. The van der Waals surface area contributed by atoms with Crippen molar-refractivity contribution in [2.75, 3.05) is 17.6 Å². The minimum atomic E-state index is 0.582. The van der Waals surface area contributed by atoms with Crippen molar-refractivity contribution in [2.24, 2.45) is 5.92 Å². The highest BCUT2D eigenvalue weighted by atomic mass is 15.0. The molecule has 0 spiro atoms. The molecule has 1 fully saturated rings. The van der Waals surface area contributed by atoms with Crippen LogP contribution in [0.25, 0.3) is 0 Å². The van der Waals surface area contributed by atoms with Gasteiger partial charge in [-0.15, -0.1) is 0 Å². The minimum absolute atomic E-state index is 0.582. The van der Waals surface area contributed by atoms with Crippen LogP contribution in [0.4, 0.5) is 11.6 Å². The van der Waals surface area contributed by atoms with Gasteiger partial charge in [0.2, 0.25) is 0 Å². The highest BCUT2D eigenvalue weighted by Crippen LogP contribution is 2.29. The molecule has 2 rings (SSSR count). The third-order valence-electron chi connectivity index (χ3n) is 3.37. The molecule has 0 amide bonds. The summed E-state index contributed by atoms with van der Waals surface area (Å²) in [6.07, 6.45) is 5.43. The van der Waals surface area contributed by atoms with E-state index in [-0.39, 0.29) is 0 Å². The third kappa shape index (κ3) is 2.43. The van der Waals surface area contributed by atoms with E-state index in [1.165, 1.54) is 25.7 Å². The van der Waals surface area contributed by atoms with Crippen LogP contribution in [-0.4, -0.2) is 16.5 Å². The largest absolute Gasteiger partial charge is 0.383 e. The molecule has 0 aromatic carbocycles. The van der Waals surface area contributed by atoms with Crippen LogP contribution < -0.4 is 11.1 Å². The fourth-order valence-electron chi connectivity index (χ4n) is 2.00. The zero-order valence-corrected chi connectivity index (χ0v) is 10.1. The van der Waals surface area contributed by atoms with E-state index in [9.17, 15) is 0 Å². The Morgan fingerprint density at radius 1 is 1.31 bits per heavy atom. The SMILES string of the molecule is Cc1nc(N)c(C)c(NCCC2CCC2)n1. The highest BCUT2D eigenvalue weighted by Gasteiger charge is 2.16. The quantitative estimate of drug-likeness (QED) is 0.817. The second kappa shape index (κ2) is 4.68. The lowest BCUT2D eigenvalue weighted by atomic mass is 9.83. The molecule has 88 valence electrons. The van der Waals surface area contributed by atoms with E-state index in [0.717, 1.165) is 29.7 Å². The maximum absolute atomic E-state index is 5.80. The Labute approximate surface area is 96.7 Å². The summed E-state index contributed by atoms with van der Waals surface area (Å²) in [4.78, 5) is 8.50. The van der Waals surface area contributed by atoms with Crippen molar-refractivity contribution in [1.82, 2.24) is 9.97 Å². The molecule has 4 heteroatoms. The van der Waals surface area contributed by atoms with Gasteiger partial charge < -0.3 is 11.1 Å². The number of nitrogens with zero attached hydrogens (tertiary/aromatic N) is 2. The lowest BCUT2D eigenvalue weighted by molar-refractivity contribution is 0.303. The van der Waals surface area contributed by atoms with Gasteiger partial charge in [0.05, 0.1) is 0 Å². The van der Waals surface area contributed by atoms with Crippen LogP contribution in [0.3, 0.4) is 0 Å². The van der Waals surface area contributed by atoms with Crippen LogP contribution in [-0.2, 0) is 0 Å². The molecular formula is C12H20N4. The van der Waals surface area contributed by atoms with Crippen molar-refractivity contribution < 1.29 is 0 Å². The van der Waals surface area contributed by atoms with E-state index in [1.54, 1.807) is 0 Å². The number of aryl methyl sites for hydroxylation is 1. The first-order valence-electron chi connectivity index (χ1n) is 6.01. The van der Waals surface area contributed by atoms with Gasteiger partial charge in [-0.3, -0.25) is 0 Å². The zero-order chi connectivity index (χ0) is 11.5. The topological polar surface area (TPSA) is 63.8 Å². The summed E-state index contributed by atoms with van der Waals surface area (Å²) in [5, 5.41) is 3.36. The maximum atomic E-state index is 5.80. The number of nitrogen functional groups attached to an aromatic ring is 1. The van der Waals surface area contributed by atoms with Crippen LogP contribution in [0, 0.1) is 19.8 Å². The fraction of sp³-hybridized carbons (Fsp3) is 0.667. The van der Waals surface area contributed by atoms with Crippen molar-refractivity contribution >= 4 is 11.6 Å². The summed E-state index contributed by atoms with van der Waals surface area (Å²) in [5.74, 6) is 3.13. The lowest BCUT2D eigenvalue weighted by Gasteiger charge is -2.25.